The van der Waals surface area contributed by atoms with Crippen molar-refractivity contribution in [2.75, 3.05) is 0 Å². The van der Waals surface area contributed by atoms with Crippen LogP contribution in [0.25, 0.3) is 11.0 Å². The summed E-state index contributed by atoms with van der Waals surface area (Å²) in [6.07, 6.45) is 1.80. The summed E-state index contributed by atoms with van der Waals surface area (Å²) in [6, 6.07) is 9.64. The zero-order chi connectivity index (χ0) is 15.6. The molecule has 0 unspecified atom stereocenters. The van der Waals surface area contributed by atoms with Gasteiger partial charge in [0, 0.05) is 24.3 Å². The van der Waals surface area contributed by atoms with Gasteiger partial charge in [-0.25, -0.2) is 0 Å². The van der Waals surface area contributed by atoms with Gasteiger partial charge < -0.3 is 13.6 Å². The first-order valence-electron chi connectivity index (χ1n) is 7.35. The van der Waals surface area contributed by atoms with Crippen LogP contribution in [0.15, 0.2) is 43.9 Å². The topological polar surface area (TPSA) is 91.0 Å². The van der Waals surface area contributed by atoms with E-state index < -0.39 is 0 Å². The van der Waals surface area contributed by atoms with Crippen molar-refractivity contribution in [1.29, 1.82) is 0 Å². The molecule has 1 aromatic carbocycles. The summed E-state index contributed by atoms with van der Waals surface area (Å²) in [5, 5.41) is 13.0. The fourth-order valence-corrected chi connectivity index (χ4v) is 2.47. The average molecular weight is 310 g/mol. The summed E-state index contributed by atoms with van der Waals surface area (Å²) >= 11 is 0. The van der Waals surface area contributed by atoms with Crippen molar-refractivity contribution in [2.24, 2.45) is 0 Å². The lowest BCUT2D eigenvalue weighted by Crippen LogP contribution is -1.95. The van der Waals surface area contributed by atoms with Gasteiger partial charge >= 0.3 is 0 Å². The number of para-hydroxylation sites is 1. The maximum atomic E-state index is 5.29. The van der Waals surface area contributed by atoms with Gasteiger partial charge in [-0.15, -0.1) is 0 Å². The molecule has 7 nitrogen and oxygen atoms in total. The van der Waals surface area contributed by atoms with E-state index in [-0.39, 0.29) is 0 Å². The van der Waals surface area contributed by atoms with E-state index in [9.17, 15) is 0 Å². The van der Waals surface area contributed by atoms with Crippen molar-refractivity contribution in [2.45, 2.75) is 26.2 Å². The normalized spacial score (nSPS) is 11.3. The third-order valence-electron chi connectivity index (χ3n) is 3.56. The number of aromatic nitrogens is 4. The van der Waals surface area contributed by atoms with Gasteiger partial charge in [-0.1, -0.05) is 27.6 Å². The maximum Gasteiger partial charge on any atom is 0.232 e. The average Bonchev–Trinajstić information content (AvgIpc) is 3.26. The van der Waals surface area contributed by atoms with Crippen molar-refractivity contribution in [3.8, 4) is 0 Å². The van der Waals surface area contributed by atoms with Gasteiger partial charge in [0.2, 0.25) is 5.89 Å². The zero-order valence-corrected chi connectivity index (χ0v) is 12.5. The van der Waals surface area contributed by atoms with Crippen molar-refractivity contribution >= 4 is 11.0 Å². The molecule has 0 aliphatic rings. The minimum absolute atomic E-state index is 0.469. The molecule has 116 valence electrons. The van der Waals surface area contributed by atoms with Gasteiger partial charge in [0.05, 0.1) is 17.8 Å². The van der Waals surface area contributed by atoms with Gasteiger partial charge in [-0.05, 0) is 19.1 Å². The molecule has 3 aromatic heterocycles. The monoisotopic (exact) mass is 310 g/mol. The van der Waals surface area contributed by atoms with Crippen LogP contribution < -0.4 is 0 Å². The molecule has 0 spiro atoms. The number of nitrogens with zero attached hydrogens (tertiary/aromatic N) is 4. The molecule has 0 fully saturated rings. The second-order valence-corrected chi connectivity index (χ2v) is 5.34. The van der Waals surface area contributed by atoms with E-state index in [2.05, 4.69) is 20.5 Å². The highest BCUT2D eigenvalue weighted by Crippen LogP contribution is 2.19. The Labute approximate surface area is 131 Å². The molecule has 0 bridgehead atoms. The summed E-state index contributed by atoms with van der Waals surface area (Å²) in [6.45, 7) is 1.85. The molecule has 0 saturated heterocycles. The maximum absolute atomic E-state index is 5.29. The number of rotatable bonds is 5. The number of hydrogen-bond acceptors (Lipinski definition) is 7. The van der Waals surface area contributed by atoms with Crippen LogP contribution in [0.4, 0.5) is 0 Å². The summed E-state index contributed by atoms with van der Waals surface area (Å²) in [7, 11) is 0. The minimum Gasteiger partial charge on any atom is -0.361 e. The van der Waals surface area contributed by atoms with Gasteiger partial charge in [0.25, 0.3) is 0 Å². The molecular formula is C16H14N4O3. The van der Waals surface area contributed by atoms with Crippen LogP contribution in [-0.4, -0.2) is 20.5 Å². The second kappa shape index (κ2) is 5.68. The molecule has 3 heterocycles. The lowest BCUT2D eigenvalue weighted by Gasteiger charge is -1.92. The largest absolute Gasteiger partial charge is 0.361 e. The fourth-order valence-electron chi connectivity index (χ4n) is 2.47. The van der Waals surface area contributed by atoms with Crippen LogP contribution >= 0.6 is 0 Å². The van der Waals surface area contributed by atoms with Crippen LogP contribution in [0.5, 0.6) is 0 Å². The SMILES string of the molecule is Cc1cc(Cc2nc(CCc3noc4ccccc34)no2)no1. The molecule has 0 aliphatic carbocycles. The summed E-state index contributed by atoms with van der Waals surface area (Å²) in [5.74, 6) is 1.93. The zero-order valence-electron chi connectivity index (χ0n) is 12.5. The van der Waals surface area contributed by atoms with E-state index in [4.69, 9.17) is 13.6 Å². The number of aryl methyl sites for hydroxylation is 3. The first-order valence-corrected chi connectivity index (χ1v) is 7.35. The summed E-state index contributed by atoms with van der Waals surface area (Å²) < 4.78 is 15.6. The highest BCUT2D eigenvalue weighted by molar-refractivity contribution is 5.79. The quantitative estimate of drug-likeness (QED) is 0.559. The van der Waals surface area contributed by atoms with E-state index in [1.807, 2.05) is 37.3 Å². The molecule has 0 atom stereocenters. The van der Waals surface area contributed by atoms with E-state index >= 15 is 0 Å². The second-order valence-electron chi connectivity index (χ2n) is 5.34. The first-order chi connectivity index (χ1) is 11.3. The van der Waals surface area contributed by atoms with Crippen molar-refractivity contribution in [3.05, 3.63) is 59.2 Å². The fraction of sp³-hybridized carbons (Fsp3) is 0.250. The highest BCUT2D eigenvalue weighted by atomic mass is 16.5. The van der Waals surface area contributed by atoms with Crippen molar-refractivity contribution < 1.29 is 13.6 Å². The molecule has 0 amide bonds. The third-order valence-corrected chi connectivity index (χ3v) is 3.56. The lowest BCUT2D eigenvalue weighted by molar-refractivity contribution is 0.368. The van der Waals surface area contributed by atoms with Crippen LogP contribution in [0, 0.1) is 6.92 Å². The Balaban J connectivity index is 1.43. The number of hydrogen-bond donors (Lipinski definition) is 0. The lowest BCUT2D eigenvalue weighted by atomic mass is 10.1. The third kappa shape index (κ3) is 2.85. The highest BCUT2D eigenvalue weighted by Gasteiger charge is 2.12. The smallest absolute Gasteiger partial charge is 0.232 e. The molecule has 4 aromatic rings. The molecule has 23 heavy (non-hydrogen) atoms. The molecule has 0 aliphatic heterocycles. The molecule has 0 saturated carbocycles. The van der Waals surface area contributed by atoms with Crippen LogP contribution in [0.3, 0.4) is 0 Å². The minimum atomic E-state index is 0.469. The van der Waals surface area contributed by atoms with E-state index in [1.165, 1.54) is 0 Å². The predicted octanol–water partition coefficient (Wildman–Crippen LogP) is 2.88. The van der Waals surface area contributed by atoms with Crippen LogP contribution in [0.2, 0.25) is 0 Å². The van der Waals surface area contributed by atoms with Gasteiger partial charge in [-0.2, -0.15) is 4.98 Å². The van der Waals surface area contributed by atoms with Gasteiger partial charge in [-0.3, -0.25) is 0 Å². The van der Waals surface area contributed by atoms with Crippen molar-refractivity contribution in [1.82, 2.24) is 20.5 Å². The molecule has 7 heteroatoms. The Morgan fingerprint density at radius 3 is 2.74 bits per heavy atom. The molecule has 0 radical (unpaired) electrons. The molecular weight excluding hydrogens is 296 g/mol. The predicted molar refractivity (Wildman–Crippen MR) is 79.8 cm³/mol. The van der Waals surface area contributed by atoms with Gasteiger partial charge in [0.15, 0.2) is 11.4 Å². The Hall–Kier alpha value is -2.96. The first kappa shape index (κ1) is 13.7. The molecule has 4 rings (SSSR count). The Bertz CT molecular complexity index is 938. The Kier molecular flexibility index (Phi) is 3.38. The van der Waals surface area contributed by atoms with Crippen molar-refractivity contribution in [3.63, 3.8) is 0 Å². The van der Waals surface area contributed by atoms with Crippen LogP contribution in [0.1, 0.15) is 28.9 Å². The van der Waals surface area contributed by atoms with E-state index in [1.54, 1.807) is 0 Å². The summed E-state index contributed by atoms with van der Waals surface area (Å²) in [5.41, 5.74) is 2.47. The summed E-state index contributed by atoms with van der Waals surface area (Å²) in [4.78, 5) is 4.38. The standard InChI is InChI=1S/C16H14N4O3/c1-10-8-11(18-21-10)9-16-17-15(20-23-16)7-6-13-12-4-2-3-5-14(12)22-19-13/h2-5,8H,6-7,9H2,1H3. The van der Waals surface area contributed by atoms with E-state index in [0.29, 0.717) is 31.0 Å². The van der Waals surface area contributed by atoms with E-state index in [0.717, 1.165) is 28.1 Å². The number of fused-ring (bicyclic) bond motifs is 1. The van der Waals surface area contributed by atoms with Crippen LogP contribution in [-0.2, 0) is 19.3 Å². The Morgan fingerprint density at radius 2 is 1.87 bits per heavy atom. The molecule has 0 N–H and O–H groups in total. The Morgan fingerprint density at radius 1 is 0.957 bits per heavy atom. The van der Waals surface area contributed by atoms with Gasteiger partial charge in [0.1, 0.15) is 5.76 Å². The number of benzene rings is 1.